The molecule has 10 heavy (non-hydrogen) atoms. The topological polar surface area (TPSA) is 40.9 Å². The van der Waals surface area contributed by atoms with Crippen molar-refractivity contribution in [2.24, 2.45) is 0 Å². The second-order valence-electron chi connectivity index (χ2n) is 2.45. The van der Waals surface area contributed by atoms with Crippen LogP contribution in [-0.4, -0.2) is 6.29 Å². The van der Waals surface area contributed by atoms with Crippen molar-refractivity contribution < 1.29 is 4.79 Å². The summed E-state index contributed by atoms with van der Waals surface area (Å²) < 4.78 is 0. The second-order valence-corrected chi connectivity index (χ2v) is 2.45. The van der Waals surface area contributed by atoms with E-state index in [-0.39, 0.29) is 0 Å². The van der Waals surface area contributed by atoms with Gasteiger partial charge in [0.15, 0.2) is 6.29 Å². The van der Waals surface area contributed by atoms with Crippen molar-refractivity contribution in [3.05, 3.63) is 11.1 Å². The molecule has 0 unspecified atom stereocenters. The Morgan fingerprint density at radius 2 is 2.10 bits per heavy atom. The molecule has 0 aromatic heterocycles. The van der Waals surface area contributed by atoms with E-state index in [9.17, 15) is 4.79 Å². The Hall–Kier alpha value is -1.10. The second kappa shape index (κ2) is 3.17. The van der Waals surface area contributed by atoms with E-state index in [2.05, 4.69) is 0 Å². The molecule has 0 aromatic rings. The standard InChI is InChI=1S/C8H9NO/c9-5-8(6-10)7-3-1-2-4-7/h6H,1-4H2. The number of hydrogen-bond donors (Lipinski definition) is 0. The third-order valence-corrected chi connectivity index (χ3v) is 1.83. The van der Waals surface area contributed by atoms with Crippen molar-refractivity contribution in [3.63, 3.8) is 0 Å². The number of nitriles is 1. The van der Waals surface area contributed by atoms with E-state index in [1.807, 2.05) is 6.07 Å². The van der Waals surface area contributed by atoms with E-state index < -0.39 is 0 Å². The zero-order chi connectivity index (χ0) is 7.40. The van der Waals surface area contributed by atoms with Crippen LogP contribution in [0.1, 0.15) is 25.7 Å². The number of hydrogen-bond acceptors (Lipinski definition) is 2. The molecule has 1 aliphatic carbocycles. The van der Waals surface area contributed by atoms with Crippen LogP contribution in [0.5, 0.6) is 0 Å². The molecule has 0 bridgehead atoms. The van der Waals surface area contributed by atoms with Crippen LogP contribution in [0.25, 0.3) is 0 Å². The van der Waals surface area contributed by atoms with Gasteiger partial charge in [0, 0.05) is 0 Å². The average Bonchev–Trinajstić information content (AvgIpc) is 2.43. The van der Waals surface area contributed by atoms with Crippen molar-refractivity contribution in [1.82, 2.24) is 0 Å². The number of carbonyl (C=O) groups excluding carboxylic acids is 1. The lowest BCUT2D eigenvalue weighted by atomic mass is 10.1. The fourth-order valence-electron chi connectivity index (χ4n) is 1.26. The smallest absolute Gasteiger partial charge is 0.160 e. The predicted octanol–water partition coefficient (Wildman–Crippen LogP) is 1.58. The SMILES string of the molecule is N#CC(C=O)=C1CCCC1. The van der Waals surface area contributed by atoms with Gasteiger partial charge in [0.1, 0.15) is 6.07 Å². The van der Waals surface area contributed by atoms with Crippen LogP contribution in [0.4, 0.5) is 0 Å². The van der Waals surface area contributed by atoms with Gasteiger partial charge >= 0.3 is 0 Å². The van der Waals surface area contributed by atoms with Crippen LogP contribution < -0.4 is 0 Å². The Balaban J connectivity index is 2.81. The Morgan fingerprint density at radius 1 is 1.50 bits per heavy atom. The zero-order valence-electron chi connectivity index (χ0n) is 5.76. The van der Waals surface area contributed by atoms with Gasteiger partial charge < -0.3 is 0 Å². The van der Waals surface area contributed by atoms with Gasteiger partial charge in [-0.15, -0.1) is 0 Å². The molecule has 2 nitrogen and oxygen atoms in total. The molecule has 0 heterocycles. The van der Waals surface area contributed by atoms with Gasteiger partial charge in [0.05, 0.1) is 5.57 Å². The van der Waals surface area contributed by atoms with Crippen molar-refractivity contribution in [3.8, 4) is 6.07 Å². The minimum absolute atomic E-state index is 0.359. The Morgan fingerprint density at radius 3 is 2.50 bits per heavy atom. The number of carbonyl (C=O) groups is 1. The summed E-state index contributed by atoms with van der Waals surface area (Å²) in [6, 6.07) is 1.91. The van der Waals surface area contributed by atoms with Crippen LogP contribution in [0.2, 0.25) is 0 Å². The summed E-state index contributed by atoms with van der Waals surface area (Å²) in [7, 11) is 0. The Bertz CT molecular complexity index is 202. The molecule has 0 atom stereocenters. The highest BCUT2D eigenvalue weighted by molar-refractivity contribution is 5.80. The molecule has 1 rings (SSSR count). The average molecular weight is 135 g/mol. The molecule has 0 saturated heterocycles. The first-order valence-corrected chi connectivity index (χ1v) is 3.46. The molecule has 0 aromatic carbocycles. The van der Waals surface area contributed by atoms with Crippen molar-refractivity contribution in [2.75, 3.05) is 0 Å². The molecule has 0 N–H and O–H groups in total. The molecule has 2 heteroatoms. The molecule has 1 fully saturated rings. The van der Waals surface area contributed by atoms with E-state index in [0.717, 1.165) is 31.3 Å². The third kappa shape index (κ3) is 1.24. The molecule has 1 aliphatic rings. The third-order valence-electron chi connectivity index (χ3n) is 1.83. The molecule has 0 amide bonds. The largest absolute Gasteiger partial charge is 0.297 e. The van der Waals surface area contributed by atoms with Crippen molar-refractivity contribution in [1.29, 1.82) is 5.26 Å². The highest BCUT2D eigenvalue weighted by atomic mass is 16.1. The maximum absolute atomic E-state index is 10.2. The van der Waals surface area contributed by atoms with E-state index >= 15 is 0 Å². The van der Waals surface area contributed by atoms with Crippen LogP contribution in [0.15, 0.2) is 11.1 Å². The van der Waals surface area contributed by atoms with Gasteiger partial charge in [-0.3, -0.25) is 4.79 Å². The quantitative estimate of drug-likeness (QED) is 0.311. The van der Waals surface area contributed by atoms with Gasteiger partial charge in [-0.2, -0.15) is 5.26 Å². The summed E-state index contributed by atoms with van der Waals surface area (Å²) in [6.07, 6.45) is 4.83. The van der Waals surface area contributed by atoms with Gasteiger partial charge in [-0.05, 0) is 31.3 Å². The molecule has 52 valence electrons. The summed E-state index contributed by atoms with van der Waals surface area (Å²) in [5, 5.41) is 8.45. The van der Waals surface area contributed by atoms with E-state index in [0.29, 0.717) is 11.9 Å². The summed E-state index contributed by atoms with van der Waals surface area (Å²) in [4.78, 5) is 10.2. The number of nitrogens with zero attached hydrogens (tertiary/aromatic N) is 1. The molecule has 1 saturated carbocycles. The maximum Gasteiger partial charge on any atom is 0.160 e. The molecule has 0 spiro atoms. The van der Waals surface area contributed by atoms with Gasteiger partial charge in [-0.1, -0.05) is 0 Å². The van der Waals surface area contributed by atoms with E-state index in [1.54, 1.807) is 0 Å². The minimum atomic E-state index is 0.359. The number of rotatable bonds is 1. The van der Waals surface area contributed by atoms with Gasteiger partial charge in [0.2, 0.25) is 0 Å². The molecular weight excluding hydrogens is 126 g/mol. The Labute approximate surface area is 60.2 Å². The molecule has 0 aliphatic heterocycles. The van der Waals surface area contributed by atoms with Gasteiger partial charge in [-0.25, -0.2) is 0 Å². The highest BCUT2D eigenvalue weighted by Gasteiger charge is 2.10. The summed E-state index contributed by atoms with van der Waals surface area (Å²) in [5.74, 6) is 0. The normalized spacial score (nSPS) is 16.5. The number of allylic oxidation sites excluding steroid dienone is 2. The molecule has 0 radical (unpaired) electrons. The van der Waals surface area contributed by atoms with Crippen LogP contribution in [0.3, 0.4) is 0 Å². The van der Waals surface area contributed by atoms with Crippen LogP contribution in [0, 0.1) is 11.3 Å². The first kappa shape index (κ1) is 7.01. The van der Waals surface area contributed by atoms with Crippen molar-refractivity contribution in [2.45, 2.75) is 25.7 Å². The van der Waals surface area contributed by atoms with Crippen LogP contribution in [-0.2, 0) is 4.79 Å². The zero-order valence-corrected chi connectivity index (χ0v) is 5.76. The van der Waals surface area contributed by atoms with Crippen LogP contribution >= 0.6 is 0 Å². The first-order valence-electron chi connectivity index (χ1n) is 3.46. The monoisotopic (exact) mass is 135 g/mol. The number of aldehydes is 1. The fourth-order valence-corrected chi connectivity index (χ4v) is 1.26. The lowest BCUT2D eigenvalue weighted by molar-refractivity contribution is -0.104. The Kier molecular flexibility index (Phi) is 2.22. The predicted molar refractivity (Wildman–Crippen MR) is 37.2 cm³/mol. The lowest BCUT2D eigenvalue weighted by Crippen LogP contribution is -1.85. The summed E-state index contributed by atoms with van der Waals surface area (Å²) in [5.41, 5.74) is 1.41. The fraction of sp³-hybridized carbons (Fsp3) is 0.500. The minimum Gasteiger partial charge on any atom is -0.297 e. The van der Waals surface area contributed by atoms with E-state index in [1.165, 1.54) is 0 Å². The van der Waals surface area contributed by atoms with Gasteiger partial charge in [0.25, 0.3) is 0 Å². The lowest BCUT2D eigenvalue weighted by Gasteiger charge is -1.91. The molecular formula is C8H9NO. The summed E-state index contributed by atoms with van der Waals surface area (Å²) >= 11 is 0. The summed E-state index contributed by atoms with van der Waals surface area (Å²) in [6.45, 7) is 0. The maximum atomic E-state index is 10.2. The highest BCUT2D eigenvalue weighted by Crippen LogP contribution is 2.25. The van der Waals surface area contributed by atoms with E-state index in [4.69, 9.17) is 5.26 Å². The first-order chi connectivity index (χ1) is 4.88. The van der Waals surface area contributed by atoms with Crippen molar-refractivity contribution >= 4 is 6.29 Å².